The molecule has 0 fully saturated rings. The second kappa shape index (κ2) is 6.72. The van der Waals surface area contributed by atoms with Crippen LogP contribution in [0.3, 0.4) is 0 Å². The van der Waals surface area contributed by atoms with Gasteiger partial charge in [0.15, 0.2) is 11.6 Å². The molecule has 0 bridgehead atoms. The summed E-state index contributed by atoms with van der Waals surface area (Å²) in [5, 5.41) is 3.42. The minimum Gasteiger partial charge on any atom is -0.314 e. The predicted octanol–water partition coefficient (Wildman–Crippen LogP) is 2.40. The highest BCUT2D eigenvalue weighted by atomic mass is 15.0. The molecule has 2 rings (SSSR count). The Hall–Kier alpha value is -1.88. The summed E-state index contributed by atoms with van der Waals surface area (Å²) in [5.74, 6) is 1.18. The Kier molecular flexibility index (Phi) is 4.96. The second-order valence-corrected chi connectivity index (χ2v) is 5.64. The van der Waals surface area contributed by atoms with E-state index < -0.39 is 0 Å². The number of nitrogens with one attached hydrogen (secondary N) is 1. The van der Waals surface area contributed by atoms with Gasteiger partial charge in [0.05, 0.1) is 0 Å². The van der Waals surface area contributed by atoms with Crippen LogP contribution in [0, 0.1) is 20.8 Å². The first-order valence-corrected chi connectivity index (χ1v) is 7.34. The van der Waals surface area contributed by atoms with E-state index in [4.69, 9.17) is 0 Å². The van der Waals surface area contributed by atoms with Crippen LogP contribution in [-0.4, -0.2) is 32.5 Å². The first-order chi connectivity index (χ1) is 9.97. The van der Waals surface area contributed by atoms with Crippen LogP contribution in [0.1, 0.15) is 36.4 Å². The van der Waals surface area contributed by atoms with Gasteiger partial charge in [0.2, 0.25) is 0 Å². The average molecular weight is 285 g/mol. The van der Waals surface area contributed by atoms with Crippen molar-refractivity contribution in [1.82, 2.24) is 25.3 Å². The van der Waals surface area contributed by atoms with Crippen molar-refractivity contribution in [2.24, 2.45) is 0 Å². The first kappa shape index (κ1) is 15.5. The number of aryl methyl sites for hydroxylation is 3. The highest BCUT2D eigenvalue weighted by molar-refractivity contribution is 5.45. The molecule has 0 saturated carbocycles. The van der Waals surface area contributed by atoms with E-state index in [9.17, 15) is 0 Å². The van der Waals surface area contributed by atoms with Crippen molar-refractivity contribution in [1.29, 1.82) is 0 Å². The standard InChI is InChI=1S/C16H23N5/c1-10(2)17-7-6-14-12(4)20-16(21-13(14)5)15-18-8-11(3)9-19-15/h8-10,17H,6-7H2,1-5H3. The summed E-state index contributed by atoms with van der Waals surface area (Å²) >= 11 is 0. The van der Waals surface area contributed by atoms with E-state index in [1.54, 1.807) is 12.4 Å². The van der Waals surface area contributed by atoms with Gasteiger partial charge in [-0.2, -0.15) is 0 Å². The van der Waals surface area contributed by atoms with Crippen molar-refractivity contribution in [3.8, 4) is 11.6 Å². The van der Waals surface area contributed by atoms with Crippen molar-refractivity contribution in [3.05, 3.63) is 34.9 Å². The SMILES string of the molecule is Cc1cnc(-c2nc(C)c(CCNC(C)C)c(C)n2)nc1. The van der Waals surface area contributed by atoms with E-state index in [0.29, 0.717) is 17.7 Å². The lowest BCUT2D eigenvalue weighted by Gasteiger charge is -2.12. The third-order valence-electron chi connectivity index (χ3n) is 3.33. The third kappa shape index (κ3) is 4.04. The molecule has 0 aliphatic rings. The van der Waals surface area contributed by atoms with Gasteiger partial charge in [-0.1, -0.05) is 13.8 Å². The first-order valence-electron chi connectivity index (χ1n) is 7.34. The molecule has 2 heterocycles. The molecule has 0 amide bonds. The van der Waals surface area contributed by atoms with Crippen LogP contribution < -0.4 is 5.32 Å². The molecular formula is C16H23N5. The molecule has 0 aliphatic heterocycles. The molecule has 0 spiro atoms. The van der Waals surface area contributed by atoms with Gasteiger partial charge < -0.3 is 5.32 Å². The molecule has 0 unspecified atom stereocenters. The molecule has 5 heteroatoms. The molecule has 21 heavy (non-hydrogen) atoms. The van der Waals surface area contributed by atoms with Gasteiger partial charge in [0.25, 0.3) is 0 Å². The lowest BCUT2D eigenvalue weighted by Crippen LogP contribution is -2.25. The maximum absolute atomic E-state index is 4.57. The summed E-state index contributed by atoms with van der Waals surface area (Å²) in [6, 6.07) is 0.492. The molecule has 0 saturated heterocycles. The zero-order valence-electron chi connectivity index (χ0n) is 13.4. The molecule has 0 radical (unpaired) electrons. The van der Waals surface area contributed by atoms with E-state index in [1.807, 2.05) is 20.8 Å². The van der Waals surface area contributed by atoms with Crippen molar-refractivity contribution in [2.45, 2.75) is 47.1 Å². The van der Waals surface area contributed by atoms with Gasteiger partial charge >= 0.3 is 0 Å². The fourth-order valence-electron chi connectivity index (χ4n) is 2.20. The fourth-order valence-corrected chi connectivity index (χ4v) is 2.20. The molecule has 112 valence electrons. The van der Waals surface area contributed by atoms with Gasteiger partial charge in [-0.05, 0) is 44.9 Å². The Morgan fingerprint density at radius 2 is 1.52 bits per heavy atom. The van der Waals surface area contributed by atoms with E-state index in [1.165, 1.54) is 5.56 Å². The van der Waals surface area contributed by atoms with Crippen LogP contribution in [0.2, 0.25) is 0 Å². The summed E-state index contributed by atoms with van der Waals surface area (Å²) in [4.78, 5) is 17.7. The zero-order valence-corrected chi connectivity index (χ0v) is 13.4. The maximum Gasteiger partial charge on any atom is 0.198 e. The van der Waals surface area contributed by atoms with Crippen molar-refractivity contribution in [2.75, 3.05) is 6.54 Å². The Morgan fingerprint density at radius 3 is 2.05 bits per heavy atom. The Labute approximate surface area is 126 Å². The van der Waals surface area contributed by atoms with E-state index in [0.717, 1.165) is 29.9 Å². The molecule has 2 aromatic rings. The lowest BCUT2D eigenvalue weighted by atomic mass is 10.1. The van der Waals surface area contributed by atoms with Gasteiger partial charge in [-0.25, -0.2) is 19.9 Å². The summed E-state index contributed by atoms with van der Waals surface area (Å²) in [6.45, 7) is 11.2. The number of rotatable bonds is 5. The van der Waals surface area contributed by atoms with Gasteiger partial charge in [-0.3, -0.25) is 0 Å². The topological polar surface area (TPSA) is 63.6 Å². The fraction of sp³-hybridized carbons (Fsp3) is 0.500. The Bertz CT molecular complexity index is 582. The smallest absolute Gasteiger partial charge is 0.198 e. The minimum absolute atomic E-state index is 0.492. The van der Waals surface area contributed by atoms with Crippen LogP contribution in [0.5, 0.6) is 0 Å². The zero-order chi connectivity index (χ0) is 15.4. The Balaban J connectivity index is 2.22. The predicted molar refractivity (Wildman–Crippen MR) is 84.1 cm³/mol. The summed E-state index contributed by atoms with van der Waals surface area (Å²) in [6.07, 6.45) is 4.51. The molecule has 0 atom stereocenters. The van der Waals surface area contributed by atoms with Crippen molar-refractivity contribution >= 4 is 0 Å². The molecule has 5 nitrogen and oxygen atoms in total. The van der Waals surface area contributed by atoms with Crippen molar-refractivity contribution < 1.29 is 0 Å². The van der Waals surface area contributed by atoms with Crippen LogP contribution in [0.25, 0.3) is 11.6 Å². The minimum atomic E-state index is 0.492. The molecule has 0 aliphatic carbocycles. The van der Waals surface area contributed by atoms with Crippen LogP contribution in [-0.2, 0) is 6.42 Å². The largest absolute Gasteiger partial charge is 0.314 e. The number of hydrogen-bond acceptors (Lipinski definition) is 5. The highest BCUT2D eigenvalue weighted by Crippen LogP contribution is 2.16. The number of nitrogens with zero attached hydrogens (tertiary/aromatic N) is 4. The molecule has 2 aromatic heterocycles. The quantitative estimate of drug-likeness (QED) is 0.914. The monoisotopic (exact) mass is 285 g/mol. The van der Waals surface area contributed by atoms with Gasteiger partial charge in [0.1, 0.15) is 0 Å². The van der Waals surface area contributed by atoms with Gasteiger partial charge in [-0.15, -0.1) is 0 Å². The van der Waals surface area contributed by atoms with Crippen LogP contribution >= 0.6 is 0 Å². The molecule has 1 N–H and O–H groups in total. The maximum atomic E-state index is 4.57. The summed E-state index contributed by atoms with van der Waals surface area (Å²) in [5.41, 5.74) is 4.25. The summed E-state index contributed by atoms with van der Waals surface area (Å²) < 4.78 is 0. The third-order valence-corrected chi connectivity index (χ3v) is 3.33. The summed E-state index contributed by atoms with van der Waals surface area (Å²) in [7, 11) is 0. The van der Waals surface area contributed by atoms with E-state index in [2.05, 4.69) is 39.1 Å². The average Bonchev–Trinajstić information content (AvgIpc) is 2.42. The second-order valence-electron chi connectivity index (χ2n) is 5.64. The normalized spacial score (nSPS) is 11.1. The molecule has 0 aromatic carbocycles. The number of aromatic nitrogens is 4. The lowest BCUT2D eigenvalue weighted by molar-refractivity contribution is 0.587. The van der Waals surface area contributed by atoms with E-state index >= 15 is 0 Å². The van der Waals surface area contributed by atoms with E-state index in [-0.39, 0.29) is 0 Å². The number of hydrogen-bond donors (Lipinski definition) is 1. The van der Waals surface area contributed by atoms with Crippen LogP contribution in [0.4, 0.5) is 0 Å². The van der Waals surface area contributed by atoms with Gasteiger partial charge in [0, 0.05) is 29.8 Å². The highest BCUT2D eigenvalue weighted by Gasteiger charge is 2.11. The Morgan fingerprint density at radius 1 is 0.952 bits per heavy atom. The molecular weight excluding hydrogens is 262 g/mol. The van der Waals surface area contributed by atoms with Crippen LogP contribution in [0.15, 0.2) is 12.4 Å². The van der Waals surface area contributed by atoms with Crippen molar-refractivity contribution in [3.63, 3.8) is 0 Å².